The molecule has 0 saturated carbocycles. The number of para-hydroxylation sites is 1. The highest BCUT2D eigenvalue weighted by atomic mass is 79.9. The number of aliphatic carboxylic acids is 1. The van der Waals surface area contributed by atoms with Crippen molar-refractivity contribution in [2.45, 2.75) is 0 Å². The largest absolute Gasteiger partial charge is 0.480 e. The predicted octanol–water partition coefficient (Wildman–Crippen LogP) is 1.93. The number of hydrogen-bond acceptors (Lipinski definition) is 6. The van der Waals surface area contributed by atoms with Gasteiger partial charge in [-0.2, -0.15) is 9.50 Å². The van der Waals surface area contributed by atoms with Gasteiger partial charge in [-0.15, -0.1) is 5.10 Å². The van der Waals surface area contributed by atoms with Crippen LogP contribution in [0, 0.1) is 0 Å². The third-order valence-corrected chi connectivity index (χ3v) is 6.26. The maximum atomic E-state index is 13.1. The van der Waals surface area contributed by atoms with Gasteiger partial charge >= 0.3 is 5.97 Å². The minimum Gasteiger partial charge on any atom is -0.480 e. The van der Waals surface area contributed by atoms with Crippen molar-refractivity contribution in [3.05, 3.63) is 73.5 Å². The monoisotopic (exact) mass is 482 g/mol. The SMILES string of the molecule is O=C(O)CN1C(=O)/C(=c2\sc3nc(-c4ccc(Br)cc4)nn3c2=O)c2ccccc21. The highest BCUT2D eigenvalue weighted by molar-refractivity contribution is 9.10. The Morgan fingerprint density at radius 1 is 1.10 bits per heavy atom. The summed E-state index contributed by atoms with van der Waals surface area (Å²) >= 11 is 4.44. The van der Waals surface area contributed by atoms with Gasteiger partial charge < -0.3 is 5.11 Å². The van der Waals surface area contributed by atoms with Crippen molar-refractivity contribution < 1.29 is 14.7 Å². The summed E-state index contributed by atoms with van der Waals surface area (Å²) in [5, 5.41) is 13.5. The normalized spacial score (nSPS) is 15.1. The highest BCUT2D eigenvalue weighted by Crippen LogP contribution is 2.35. The molecule has 1 aliphatic heterocycles. The van der Waals surface area contributed by atoms with Crippen molar-refractivity contribution in [3.63, 3.8) is 0 Å². The molecule has 0 saturated heterocycles. The second kappa shape index (κ2) is 6.85. The van der Waals surface area contributed by atoms with Crippen molar-refractivity contribution in [2.75, 3.05) is 11.4 Å². The number of benzene rings is 2. The highest BCUT2D eigenvalue weighted by Gasteiger charge is 2.35. The summed E-state index contributed by atoms with van der Waals surface area (Å²) in [6.07, 6.45) is 0. The molecule has 3 heterocycles. The van der Waals surface area contributed by atoms with Gasteiger partial charge in [-0.3, -0.25) is 19.3 Å². The quantitative estimate of drug-likeness (QED) is 0.478. The van der Waals surface area contributed by atoms with Crippen LogP contribution in [0.5, 0.6) is 0 Å². The lowest BCUT2D eigenvalue weighted by Gasteiger charge is -2.13. The Balaban J connectivity index is 1.70. The molecule has 10 heteroatoms. The van der Waals surface area contributed by atoms with E-state index in [0.717, 1.165) is 26.3 Å². The second-order valence-corrected chi connectivity index (χ2v) is 8.44. The fourth-order valence-electron chi connectivity index (χ4n) is 3.40. The molecule has 30 heavy (non-hydrogen) atoms. The lowest BCUT2D eigenvalue weighted by atomic mass is 10.1. The van der Waals surface area contributed by atoms with E-state index in [2.05, 4.69) is 26.0 Å². The molecule has 0 spiro atoms. The van der Waals surface area contributed by atoms with Crippen LogP contribution in [0.1, 0.15) is 5.56 Å². The summed E-state index contributed by atoms with van der Waals surface area (Å²) in [7, 11) is 0. The first-order chi connectivity index (χ1) is 14.4. The van der Waals surface area contributed by atoms with Gasteiger partial charge in [0.15, 0.2) is 5.82 Å². The van der Waals surface area contributed by atoms with Crippen molar-refractivity contribution in [2.24, 2.45) is 0 Å². The molecule has 0 unspecified atom stereocenters. The number of aromatic nitrogens is 3. The molecule has 1 amide bonds. The van der Waals surface area contributed by atoms with E-state index in [4.69, 9.17) is 0 Å². The summed E-state index contributed by atoms with van der Waals surface area (Å²) in [5.41, 5.74) is 1.48. The van der Waals surface area contributed by atoms with E-state index in [0.29, 0.717) is 22.0 Å². The third kappa shape index (κ3) is 2.84. The topological polar surface area (TPSA) is 105 Å². The first-order valence-electron chi connectivity index (χ1n) is 8.77. The molecule has 4 aromatic rings. The third-order valence-electron chi connectivity index (χ3n) is 4.70. The van der Waals surface area contributed by atoms with Crippen molar-refractivity contribution in [3.8, 4) is 11.4 Å². The smallest absolute Gasteiger partial charge is 0.323 e. The molecule has 5 rings (SSSR count). The predicted molar refractivity (Wildman–Crippen MR) is 114 cm³/mol. The van der Waals surface area contributed by atoms with Crippen molar-refractivity contribution in [1.29, 1.82) is 0 Å². The van der Waals surface area contributed by atoms with Crippen molar-refractivity contribution >= 4 is 55.4 Å². The fourth-order valence-corrected chi connectivity index (χ4v) is 4.66. The van der Waals surface area contributed by atoms with E-state index in [1.165, 1.54) is 4.52 Å². The molecule has 0 aliphatic carbocycles. The summed E-state index contributed by atoms with van der Waals surface area (Å²) in [6, 6.07) is 14.2. The Labute approximate surface area is 180 Å². The zero-order valence-corrected chi connectivity index (χ0v) is 17.5. The number of halogens is 1. The summed E-state index contributed by atoms with van der Waals surface area (Å²) < 4.78 is 2.29. The number of fused-ring (bicyclic) bond motifs is 2. The summed E-state index contributed by atoms with van der Waals surface area (Å²) in [5.74, 6) is -1.25. The van der Waals surface area contributed by atoms with Gasteiger partial charge in [0.25, 0.3) is 11.5 Å². The molecule has 1 N–H and O–H groups in total. The van der Waals surface area contributed by atoms with Gasteiger partial charge in [0.2, 0.25) is 4.96 Å². The number of carboxylic acids is 1. The number of carboxylic acid groups (broad SMARTS) is 1. The van der Waals surface area contributed by atoms with E-state index >= 15 is 0 Å². The average molecular weight is 483 g/mol. The summed E-state index contributed by atoms with van der Waals surface area (Å²) in [6.45, 7) is -0.484. The molecule has 0 atom stereocenters. The average Bonchev–Trinajstić information content (AvgIpc) is 3.35. The van der Waals surface area contributed by atoms with E-state index in [1.807, 2.05) is 24.3 Å². The zero-order chi connectivity index (χ0) is 21.0. The van der Waals surface area contributed by atoms with Gasteiger partial charge in [-0.25, -0.2) is 0 Å². The molecule has 0 bridgehead atoms. The molecule has 2 aromatic heterocycles. The maximum Gasteiger partial charge on any atom is 0.323 e. The van der Waals surface area contributed by atoms with E-state index in [1.54, 1.807) is 24.3 Å². The minimum atomic E-state index is -1.14. The standard InChI is InChI=1S/C20H11BrN4O4S/c21-11-7-5-10(6-8-11)17-22-20-25(23-17)19(29)16(30-20)15-12-3-1-2-4-13(12)24(18(15)28)9-14(26)27/h1-8H,9H2,(H,26,27)/b16-15-. The van der Waals surface area contributed by atoms with Gasteiger partial charge in [0.05, 0.1) is 11.3 Å². The van der Waals surface area contributed by atoms with Crippen LogP contribution < -0.4 is 15.0 Å². The lowest BCUT2D eigenvalue weighted by molar-refractivity contribution is -0.136. The summed E-state index contributed by atoms with van der Waals surface area (Å²) in [4.78, 5) is 43.2. The molecular weight excluding hydrogens is 472 g/mol. The van der Waals surface area contributed by atoms with Crippen LogP contribution in [-0.4, -0.2) is 38.1 Å². The van der Waals surface area contributed by atoms with Gasteiger partial charge in [0.1, 0.15) is 11.1 Å². The first-order valence-corrected chi connectivity index (χ1v) is 10.4. The number of anilines is 1. The Hall–Kier alpha value is -3.37. The number of carbonyl (C=O) groups is 2. The Bertz CT molecular complexity index is 1460. The van der Waals surface area contributed by atoms with Crippen LogP contribution in [0.3, 0.4) is 0 Å². The van der Waals surface area contributed by atoms with Crippen LogP contribution in [0.15, 0.2) is 57.8 Å². The number of thiazole rings is 1. The van der Waals surface area contributed by atoms with Gasteiger partial charge in [0, 0.05) is 15.6 Å². The number of carbonyl (C=O) groups excluding carboxylic acids is 1. The van der Waals surface area contributed by atoms with Crippen LogP contribution in [-0.2, 0) is 9.59 Å². The second-order valence-electron chi connectivity index (χ2n) is 6.55. The number of nitrogens with zero attached hydrogens (tertiary/aromatic N) is 4. The van der Waals surface area contributed by atoms with E-state index in [-0.39, 0.29) is 10.1 Å². The van der Waals surface area contributed by atoms with Crippen LogP contribution in [0.2, 0.25) is 0 Å². The van der Waals surface area contributed by atoms with Gasteiger partial charge in [-0.1, -0.05) is 57.6 Å². The van der Waals surface area contributed by atoms with Crippen LogP contribution >= 0.6 is 27.3 Å². The Morgan fingerprint density at radius 2 is 1.83 bits per heavy atom. The van der Waals surface area contributed by atoms with Crippen LogP contribution in [0.25, 0.3) is 21.9 Å². The molecule has 0 radical (unpaired) electrons. The molecular formula is C20H11BrN4O4S. The molecule has 0 fully saturated rings. The first kappa shape index (κ1) is 18.6. The van der Waals surface area contributed by atoms with Crippen molar-refractivity contribution in [1.82, 2.24) is 14.6 Å². The number of rotatable bonds is 3. The van der Waals surface area contributed by atoms with Gasteiger partial charge in [-0.05, 0) is 18.2 Å². The fraction of sp³-hybridized carbons (Fsp3) is 0.0500. The molecule has 148 valence electrons. The molecule has 2 aromatic carbocycles. The Morgan fingerprint density at radius 3 is 2.53 bits per heavy atom. The van der Waals surface area contributed by atoms with E-state index in [9.17, 15) is 19.5 Å². The lowest BCUT2D eigenvalue weighted by Crippen LogP contribution is -2.35. The molecule has 1 aliphatic rings. The number of amides is 1. The molecule has 8 nitrogen and oxygen atoms in total. The zero-order valence-electron chi connectivity index (χ0n) is 15.1. The Kier molecular flexibility index (Phi) is 4.26. The minimum absolute atomic E-state index is 0.180. The maximum absolute atomic E-state index is 13.1. The van der Waals surface area contributed by atoms with Crippen LogP contribution in [0.4, 0.5) is 5.69 Å². The van der Waals surface area contributed by atoms with E-state index < -0.39 is 24.0 Å². The number of hydrogen-bond donors (Lipinski definition) is 1.